The van der Waals surface area contributed by atoms with E-state index in [9.17, 15) is 9.18 Å². The van der Waals surface area contributed by atoms with Gasteiger partial charge in [-0.2, -0.15) is 0 Å². The van der Waals surface area contributed by atoms with Crippen LogP contribution in [0.3, 0.4) is 0 Å². The summed E-state index contributed by atoms with van der Waals surface area (Å²) < 4.78 is 23.7. The maximum atomic E-state index is 13.3. The summed E-state index contributed by atoms with van der Waals surface area (Å²) in [6.07, 6.45) is 2.19. The van der Waals surface area contributed by atoms with Crippen molar-refractivity contribution in [2.75, 3.05) is 13.7 Å². The number of methoxy groups -OCH3 is 1. The zero-order valence-corrected chi connectivity index (χ0v) is 10.7. The van der Waals surface area contributed by atoms with Crippen LogP contribution >= 0.6 is 0 Å². The average molecular weight is 265 g/mol. The molecule has 0 bridgehead atoms. The predicted octanol–water partition coefficient (Wildman–Crippen LogP) is 1.74. The van der Waals surface area contributed by atoms with Crippen molar-refractivity contribution in [1.82, 2.24) is 5.32 Å². The second-order valence-corrected chi connectivity index (χ2v) is 5.03. The highest BCUT2D eigenvalue weighted by atomic mass is 19.1. The summed E-state index contributed by atoms with van der Waals surface area (Å²) in [5.74, 6) is -0.129. The number of hydrogen-bond donors (Lipinski definition) is 1. The van der Waals surface area contributed by atoms with Gasteiger partial charge in [-0.3, -0.25) is 4.79 Å². The zero-order chi connectivity index (χ0) is 13.4. The maximum absolute atomic E-state index is 13.3. The van der Waals surface area contributed by atoms with E-state index in [1.807, 2.05) is 0 Å². The lowest BCUT2D eigenvalue weighted by Gasteiger charge is -2.39. The van der Waals surface area contributed by atoms with Crippen molar-refractivity contribution in [3.63, 3.8) is 0 Å². The van der Waals surface area contributed by atoms with Gasteiger partial charge in [-0.05, 0) is 31.0 Å². The molecule has 0 spiro atoms. The Bertz CT molecular complexity index is 505. The highest BCUT2D eigenvalue weighted by Gasteiger charge is 2.45. The minimum Gasteiger partial charge on any atom is -0.494 e. The first-order chi connectivity index (χ1) is 9.19. The van der Waals surface area contributed by atoms with E-state index >= 15 is 0 Å². The first-order valence-corrected chi connectivity index (χ1v) is 6.45. The molecular weight excluding hydrogens is 249 g/mol. The van der Waals surface area contributed by atoms with Crippen LogP contribution < -0.4 is 10.1 Å². The SMILES string of the molecule is COc1cc(C(=O)N[C@@H]2C[C@H]3OCC[C@@H]23)ccc1F. The molecule has 4 nitrogen and oxygen atoms in total. The number of amides is 1. The second-order valence-electron chi connectivity index (χ2n) is 5.03. The number of nitrogens with one attached hydrogen (secondary N) is 1. The van der Waals surface area contributed by atoms with Gasteiger partial charge >= 0.3 is 0 Å². The van der Waals surface area contributed by atoms with Gasteiger partial charge in [-0.1, -0.05) is 0 Å². The molecule has 2 aliphatic rings. The molecule has 3 rings (SSSR count). The fraction of sp³-hybridized carbons (Fsp3) is 0.500. The first kappa shape index (κ1) is 12.4. The lowest BCUT2D eigenvalue weighted by atomic mass is 9.76. The summed E-state index contributed by atoms with van der Waals surface area (Å²) in [6, 6.07) is 4.31. The fourth-order valence-electron chi connectivity index (χ4n) is 2.82. The second kappa shape index (κ2) is 4.81. The van der Waals surface area contributed by atoms with Crippen LogP contribution in [-0.2, 0) is 4.74 Å². The van der Waals surface area contributed by atoms with Crippen molar-refractivity contribution in [2.45, 2.75) is 25.0 Å². The molecule has 1 aliphatic carbocycles. The maximum Gasteiger partial charge on any atom is 0.251 e. The van der Waals surface area contributed by atoms with Gasteiger partial charge in [0.25, 0.3) is 5.91 Å². The molecule has 0 unspecified atom stereocenters. The van der Waals surface area contributed by atoms with E-state index in [1.54, 1.807) is 0 Å². The van der Waals surface area contributed by atoms with E-state index in [0.29, 0.717) is 17.6 Å². The van der Waals surface area contributed by atoms with Crippen LogP contribution in [0.15, 0.2) is 18.2 Å². The molecule has 1 amide bonds. The van der Waals surface area contributed by atoms with E-state index in [4.69, 9.17) is 9.47 Å². The largest absolute Gasteiger partial charge is 0.494 e. The number of hydrogen-bond acceptors (Lipinski definition) is 3. The first-order valence-electron chi connectivity index (χ1n) is 6.45. The van der Waals surface area contributed by atoms with E-state index in [-0.39, 0.29) is 17.7 Å². The summed E-state index contributed by atoms with van der Waals surface area (Å²) in [7, 11) is 1.38. The Kier molecular flexibility index (Phi) is 3.14. The summed E-state index contributed by atoms with van der Waals surface area (Å²) >= 11 is 0. The van der Waals surface area contributed by atoms with Crippen LogP contribution in [0.1, 0.15) is 23.2 Å². The van der Waals surface area contributed by atoms with Crippen molar-refractivity contribution < 1.29 is 18.7 Å². The van der Waals surface area contributed by atoms with Crippen LogP contribution in [0.4, 0.5) is 4.39 Å². The molecule has 1 aliphatic heterocycles. The number of carbonyl (C=O) groups is 1. The lowest BCUT2D eigenvalue weighted by Crippen LogP contribution is -2.53. The van der Waals surface area contributed by atoms with Gasteiger partial charge in [0.15, 0.2) is 11.6 Å². The number of rotatable bonds is 3. The molecule has 102 valence electrons. The standard InChI is InChI=1S/C14H16FNO3/c1-18-13-6-8(2-3-10(13)15)14(17)16-11-7-12-9(11)4-5-19-12/h2-3,6,9,11-12H,4-5,7H2,1H3,(H,16,17)/t9-,11+,12+/m0/s1. The Morgan fingerprint density at radius 1 is 1.53 bits per heavy atom. The van der Waals surface area contributed by atoms with Gasteiger partial charge in [-0.15, -0.1) is 0 Å². The van der Waals surface area contributed by atoms with Gasteiger partial charge in [0.1, 0.15) is 0 Å². The molecule has 3 atom stereocenters. The molecule has 1 aromatic rings. The third kappa shape index (κ3) is 2.18. The van der Waals surface area contributed by atoms with E-state index in [1.165, 1.54) is 25.3 Å². The summed E-state index contributed by atoms with van der Waals surface area (Å²) in [5, 5.41) is 2.98. The normalized spacial score (nSPS) is 28.4. The topological polar surface area (TPSA) is 47.6 Å². The number of carbonyl (C=O) groups excluding carboxylic acids is 1. The Morgan fingerprint density at radius 3 is 3.11 bits per heavy atom. The van der Waals surface area contributed by atoms with Crippen LogP contribution in [0.25, 0.3) is 0 Å². The molecule has 1 heterocycles. The summed E-state index contributed by atoms with van der Waals surface area (Å²) in [6.45, 7) is 0.784. The third-order valence-electron chi connectivity index (χ3n) is 3.99. The van der Waals surface area contributed by atoms with Gasteiger partial charge in [0, 0.05) is 24.1 Å². The van der Waals surface area contributed by atoms with Crippen molar-refractivity contribution >= 4 is 5.91 Å². The molecule has 1 N–H and O–H groups in total. The highest BCUT2D eigenvalue weighted by molar-refractivity contribution is 5.94. The Balaban J connectivity index is 1.67. The molecule has 1 saturated carbocycles. The molecule has 2 fully saturated rings. The fourth-order valence-corrected chi connectivity index (χ4v) is 2.82. The smallest absolute Gasteiger partial charge is 0.251 e. The number of ether oxygens (including phenoxy) is 2. The predicted molar refractivity (Wildman–Crippen MR) is 66.7 cm³/mol. The average Bonchev–Trinajstić information content (AvgIpc) is 2.77. The van der Waals surface area contributed by atoms with Crippen molar-refractivity contribution in [3.8, 4) is 5.75 Å². The molecule has 1 aromatic carbocycles. The number of halogens is 1. The molecule has 5 heteroatoms. The van der Waals surface area contributed by atoms with Gasteiger partial charge in [-0.25, -0.2) is 4.39 Å². The Labute approximate surface area is 110 Å². The Hall–Kier alpha value is -1.62. The van der Waals surface area contributed by atoms with Gasteiger partial charge < -0.3 is 14.8 Å². The minimum atomic E-state index is -0.466. The molecule has 0 aromatic heterocycles. The van der Waals surface area contributed by atoms with Crippen molar-refractivity contribution in [1.29, 1.82) is 0 Å². The van der Waals surface area contributed by atoms with E-state index in [0.717, 1.165) is 19.4 Å². The van der Waals surface area contributed by atoms with Gasteiger partial charge in [0.05, 0.1) is 13.2 Å². The molecule has 0 radical (unpaired) electrons. The minimum absolute atomic E-state index is 0.0864. The Morgan fingerprint density at radius 2 is 2.37 bits per heavy atom. The quantitative estimate of drug-likeness (QED) is 0.905. The molecular formula is C14H16FNO3. The van der Waals surface area contributed by atoms with E-state index in [2.05, 4.69) is 5.32 Å². The lowest BCUT2D eigenvalue weighted by molar-refractivity contribution is 0.00809. The van der Waals surface area contributed by atoms with Crippen molar-refractivity contribution in [2.24, 2.45) is 5.92 Å². The van der Waals surface area contributed by atoms with Crippen molar-refractivity contribution in [3.05, 3.63) is 29.6 Å². The van der Waals surface area contributed by atoms with Crippen LogP contribution in [0.5, 0.6) is 5.75 Å². The monoisotopic (exact) mass is 265 g/mol. The number of fused-ring (bicyclic) bond motifs is 1. The van der Waals surface area contributed by atoms with Crippen LogP contribution in [0, 0.1) is 11.7 Å². The number of benzene rings is 1. The van der Waals surface area contributed by atoms with E-state index < -0.39 is 5.82 Å². The van der Waals surface area contributed by atoms with Gasteiger partial charge in [0.2, 0.25) is 0 Å². The summed E-state index contributed by atoms with van der Waals surface area (Å²) in [5.41, 5.74) is 0.417. The van der Waals surface area contributed by atoms with Crippen LogP contribution in [0.2, 0.25) is 0 Å². The molecule has 1 saturated heterocycles. The summed E-state index contributed by atoms with van der Waals surface area (Å²) in [4.78, 5) is 12.1. The molecule has 19 heavy (non-hydrogen) atoms. The third-order valence-corrected chi connectivity index (χ3v) is 3.99. The highest BCUT2D eigenvalue weighted by Crippen LogP contribution is 2.38. The van der Waals surface area contributed by atoms with Crippen LogP contribution in [-0.4, -0.2) is 31.8 Å². The zero-order valence-electron chi connectivity index (χ0n) is 10.7.